The fraction of sp³-hybridized carbons (Fsp3) is 0.353. The van der Waals surface area contributed by atoms with Crippen LogP contribution in [0, 0.1) is 6.92 Å². The zero-order chi connectivity index (χ0) is 16.1. The molecule has 0 saturated heterocycles. The molecular formula is C17H21NO3S. The minimum atomic E-state index is -0.735. The first kappa shape index (κ1) is 16.5. The number of carbonyl (C=O) groups excluding carboxylic acids is 1. The van der Waals surface area contributed by atoms with Crippen LogP contribution in [0.4, 0.5) is 0 Å². The van der Waals surface area contributed by atoms with Gasteiger partial charge in [0.25, 0.3) is 5.91 Å². The summed E-state index contributed by atoms with van der Waals surface area (Å²) in [4.78, 5) is 14.0. The first-order valence-corrected chi connectivity index (χ1v) is 8.06. The second-order valence-electron chi connectivity index (χ2n) is 5.04. The smallest absolute Gasteiger partial charge is 0.261 e. The second kappa shape index (κ2) is 7.42. The van der Waals surface area contributed by atoms with E-state index in [9.17, 15) is 9.90 Å². The Bertz CT molecular complexity index is 634. The summed E-state index contributed by atoms with van der Waals surface area (Å²) >= 11 is 1.49. The maximum Gasteiger partial charge on any atom is 0.261 e. The Morgan fingerprint density at radius 3 is 2.59 bits per heavy atom. The molecule has 0 radical (unpaired) electrons. The van der Waals surface area contributed by atoms with Crippen LogP contribution in [0.1, 0.15) is 38.7 Å². The first-order chi connectivity index (χ1) is 10.5. The van der Waals surface area contributed by atoms with Gasteiger partial charge in [-0.15, -0.1) is 11.3 Å². The van der Waals surface area contributed by atoms with E-state index in [1.54, 1.807) is 31.4 Å². The summed E-state index contributed by atoms with van der Waals surface area (Å²) in [6, 6.07) is 9.09. The predicted octanol–water partition coefficient (Wildman–Crippen LogP) is 3.09. The Hall–Kier alpha value is -1.85. The minimum Gasteiger partial charge on any atom is -0.497 e. The van der Waals surface area contributed by atoms with Crippen molar-refractivity contribution in [2.75, 3.05) is 13.7 Å². The lowest BCUT2D eigenvalue weighted by molar-refractivity contribution is 0.0920. The highest BCUT2D eigenvalue weighted by molar-refractivity contribution is 7.14. The summed E-state index contributed by atoms with van der Waals surface area (Å²) < 4.78 is 5.08. The van der Waals surface area contributed by atoms with E-state index >= 15 is 0 Å². The highest BCUT2D eigenvalue weighted by Gasteiger charge is 2.14. The van der Waals surface area contributed by atoms with Crippen LogP contribution in [-0.2, 0) is 6.42 Å². The summed E-state index contributed by atoms with van der Waals surface area (Å²) in [5.74, 6) is 0.599. The molecule has 1 amide bonds. The van der Waals surface area contributed by atoms with Crippen LogP contribution >= 0.6 is 11.3 Å². The fourth-order valence-electron chi connectivity index (χ4n) is 2.20. The maximum atomic E-state index is 12.1. The van der Waals surface area contributed by atoms with Crippen molar-refractivity contribution in [1.29, 1.82) is 0 Å². The molecule has 0 saturated carbocycles. The average molecular weight is 319 g/mol. The Morgan fingerprint density at radius 2 is 2.05 bits per heavy atom. The molecule has 2 rings (SSSR count). The molecule has 0 bridgehead atoms. The van der Waals surface area contributed by atoms with Crippen LogP contribution in [0.15, 0.2) is 30.3 Å². The number of ether oxygens (including phenoxy) is 1. The Labute approximate surface area is 134 Å². The number of thiophene rings is 1. The lowest BCUT2D eigenvalue weighted by atomic mass is 10.1. The van der Waals surface area contributed by atoms with E-state index < -0.39 is 6.10 Å². The summed E-state index contributed by atoms with van der Waals surface area (Å²) in [6.07, 6.45) is 0.186. The quantitative estimate of drug-likeness (QED) is 0.860. The van der Waals surface area contributed by atoms with Crippen molar-refractivity contribution >= 4 is 17.2 Å². The molecular weight excluding hydrogens is 298 g/mol. The third kappa shape index (κ3) is 3.87. The van der Waals surface area contributed by atoms with Crippen molar-refractivity contribution in [3.63, 3.8) is 0 Å². The van der Waals surface area contributed by atoms with Crippen LogP contribution in [0.2, 0.25) is 0 Å². The number of aliphatic hydroxyl groups excluding tert-OH is 1. The van der Waals surface area contributed by atoms with E-state index in [-0.39, 0.29) is 12.5 Å². The number of amides is 1. The fourth-order valence-corrected chi connectivity index (χ4v) is 3.23. The lowest BCUT2D eigenvalue weighted by Gasteiger charge is -2.12. The maximum absolute atomic E-state index is 12.1. The van der Waals surface area contributed by atoms with Crippen molar-refractivity contribution in [2.45, 2.75) is 26.4 Å². The number of methoxy groups -OCH3 is 1. The summed E-state index contributed by atoms with van der Waals surface area (Å²) in [5.41, 5.74) is 1.95. The van der Waals surface area contributed by atoms with Gasteiger partial charge in [-0.05, 0) is 42.7 Å². The molecule has 118 valence electrons. The Kier molecular flexibility index (Phi) is 5.57. The normalized spacial score (nSPS) is 12.0. The lowest BCUT2D eigenvalue weighted by Crippen LogP contribution is -2.27. The number of carbonyl (C=O) groups is 1. The van der Waals surface area contributed by atoms with Gasteiger partial charge in [-0.1, -0.05) is 19.1 Å². The standard InChI is InChI=1S/C17H21NO3S/c1-4-12-9-16(22-11(12)2)17(20)18-10-15(19)13-5-7-14(21-3)8-6-13/h5-9,15,19H,4,10H2,1-3H3,(H,18,20). The highest BCUT2D eigenvalue weighted by Crippen LogP contribution is 2.22. The number of nitrogens with one attached hydrogen (secondary N) is 1. The molecule has 1 heterocycles. The zero-order valence-electron chi connectivity index (χ0n) is 13.1. The topological polar surface area (TPSA) is 58.6 Å². The molecule has 0 fully saturated rings. The number of hydrogen-bond donors (Lipinski definition) is 2. The summed E-state index contributed by atoms with van der Waals surface area (Å²) in [5, 5.41) is 12.9. The minimum absolute atomic E-state index is 0.139. The molecule has 5 heteroatoms. The van der Waals surface area contributed by atoms with E-state index in [1.807, 2.05) is 13.0 Å². The molecule has 1 atom stereocenters. The van der Waals surface area contributed by atoms with E-state index in [0.29, 0.717) is 4.88 Å². The van der Waals surface area contributed by atoms with Gasteiger partial charge in [-0.3, -0.25) is 4.79 Å². The van der Waals surface area contributed by atoms with Crippen LogP contribution in [0.25, 0.3) is 0 Å². The van der Waals surface area contributed by atoms with E-state index in [4.69, 9.17) is 4.74 Å². The molecule has 1 unspecified atom stereocenters. The van der Waals surface area contributed by atoms with Crippen molar-refractivity contribution < 1.29 is 14.6 Å². The van der Waals surface area contributed by atoms with E-state index in [1.165, 1.54) is 21.8 Å². The molecule has 0 aliphatic carbocycles. The SMILES string of the molecule is CCc1cc(C(=O)NCC(O)c2ccc(OC)cc2)sc1C. The Balaban J connectivity index is 1.94. The van der Waals surface area contributed by atoms with Gasteiger partial charge >= 0.3 is 0 Å². The average Bonchev–Trinajstić information content (AvgIpc) is 2.93. The first-order valence-electron chi connectivity index (χ1n) is 7.24. The molecule has 1 aromatic heterocycles. The number of rotatable bonds is 6. The molecule has 2 N–H and O–H groups in total. The van der Waals surface area contributed by atoms with Crippen molar-refractivity contribution in [3.8, 4) is 5.75 Å². The van der Waals surface area contributed by atoms with Crippen molar-refractivity contribution in [3.05, 3.63) is 51.2 Å². The number of hydrogen-bond acceptors (Lipinski definition) is 4. The van der Waals surface area contributed by atoms with E-state index in [2.05, 4.69) is 12.2 Å². The zero-order valence-corrected chi connectivity index (χ0v) is 13.9. The van der Waals surface area contributed by atoms with Gasteiger partial charge in [0.05, 0.1) is 18.1 Å². The molecule has 0 aliphatic heterocycles. The molecule has 4 nitrogen and oxygen atoms in total. The highest BCUT2D eigenvalue weighted by atomic mass is 32.1. The van der Waals surface area contributed by atoms with Gasteiger partial charge in [0.1, 0.15) is 5.75 Å². The van der Waals surface area contributed by atoms with Gasteiger partial charge in [-0.25, -0.2) is 0 Å². The third-order valence-corrected chi connectivity index (χ3v) is 4.67. The number of aliphatic hydroxyl groups is 1. The summed E-state index contributed by atoms with van der Waals surface area (Å²) in [6.45, 7) is 4.28. The van der Waals surface area contributed by atoms with Crippen molar-refractivity contribution in [2.24, 2.45) is 0 Å². The molecule has 22 heavy (non-hydrogen) atoms. The van der Waals surface area contributed by atoms with Crippen LogP contribution in [0.5, 0.6) is 5.75 Å². The largest absolute Gasteiger partial charge is 0.497 e. The molecule has 1 aromatic carbocycles. The van der Waals surface area contributed by atoms with Gasteiger partial charge < -0.3 is 15.2 Å². The number of aryl methyl sites for hydroxylation is 2. The van der Waals surface area contributed by atoms with Crippen LogP contribution in [-0.4, -0.2) is 24.7 Å². The molecule has 0 aliphatic rings. The predicted molar refractivity (Wildman–Crippen MR) is 88.7 cm³/mol. The molecule has 0 spiro atoms. The van der Waals surface area contributed by atoms with Crippen LogP contribution < -0.4 is 10.1 Å². The van der Waals surface area contributed by atoms with Crippen LogP contribution in [0.3, 0.4) is 0 Å². The van der Waals surface area contributed by atoms with Gasteiger partial charge in [0.15, 0.2) is 0 Å². The van der Waals surface area contributed by atoms with Gasteiger partial charge in [-0.2, -0.15) is 0 Å². The third-order valence-electron chi connectivity index (χ3n) is 3.58. The van der Waals surface area contributed by atoms with Gasteiger partial charge in [0, 0.05) is 11.4 Å². The van der Waals surface area contributed by atoms with Crippen molar-refractivity contribution in [1.82, 2.24) is 5.32 Å². The second-order valence-corrected chi connectivity index (χ2v) is 6.30. The summed E-state index contributed by atoms with van der Waals surface area (Å²) in [7, 11) is 1.60. The van der Waals surface area contributed by atoms with E-state index in [0.717, 1.165) is 17.7 Å². The Morgan fingerprint density at radius 1 is 1.36 bits per heavy atom. The number of benzene rings is 1. The monoisotopic (exact) mass is 319 g/mol. The molecule has 2 aromatic rings. The van der Waals surface area contributed by atoms with Gasteiger partial charge in [0.2, 0.25) is 0 Å².